The number of anilines is 1. The Morgan fingerprint density at radius 3 is 2.78 bits per heavy atom. The maximum Gasteiger partial charge on any atom is 0.266 e. The number of carbonyl (C=O) groups is 1. The third kappa shape index (κ3) is 2.87. The summed E-state index contributed by atoms with van der Waals surface area (Å²) >= 11 is 6.92. The van der Waals surface area contributed by atoms with Crippen LogP contribution in [-0.4, -0.2) is 15.9 Å². The number of benzene rings is 1. The number of rotatable bonds is 3. The molecule has 2 N–H and O–H groups in total. The second-order valence-electron chi connectivity index (χ2n) is 5.15. The highest BCUT2D eigenvalue weighted by Crippen LogP contribution is 2.28. The van der Waals surface area contributed by atoms with Gasteiger partial charge in [0, 0.05) is 5.69 Å². The number of carbonyl (C=O) groups excluding carboxylic acids is 1. The van der Waals surface area contributed by atoms with Crippen LogP contribution in [0.15, 0.2) is 29.1 Å². The van der Waals surface area contributed by atoms with E-state index >= 15 is 0 Å². The molecule has 2 heterocycles. The van der Waals surface area contributed by atoms with Gasteiger partial charge in [0.15, 0.2) is 0 Å². The number of nitrogens with zero attached hydrogens (tertiary/aromatic N) is 1. The third-order valence-electron chi connectivity index (χ3n) is 3.58. The van der Waals surface area contributed by atoms with Crippen molar-refractivity contribution in [1.29, 1.82) is 0 Å². The summed E-state index contributed by atoms with van der Waals surface area (Å²) < 4.78 is 0. The number of alkyl halides is 1. The van der Waals surface area contributed by atoms with Crippen molar-refractivity contribution in [2.24, 2.45) is 0 Å². The van der Waals surface area contributed by atoms with Gasteiger partial charge in [0.25, 0.3) is 11.5 Å². The van der Waals surface area contributed by atoms with Crippen molar-refractivity contribution in [1.82, 2.24) is 9.97 Å². The van der Waals surface area contributed by atoms with Gasteiger partial charge in [-0.05, 0) is 31.0 Å². The van der Waals surface area contributed by atoms with Crippen molar-refractivity contribution >= 4 is 44.7 Å². The SMILES string of the molecule is Cc1ccccc1NC(=O)c1sc2nc(CCl)[nH]c(=O)c2c1C. The van der Waals surface area contributed by atoms with Crippen LogP contribution in [0, 0.1) is 13.8 Å². The van der Waals surface area contributed by atoms with E-state index in [1.165, 1.54) is 11.3 Å². The van der Waals surface area contributed by atoms with E-state index in [0.29, 0.717) is 26.5 Å². The highest BCUT2D eigenvalue weighted by atomic mass is 35.5. The molecule has 0 bridgehead atoms. The molecule has 1 amide bonds. The Bertz CT molecular complexity index is 962. The van der Waals surface area contributed by atoms with Gasteiger partial charge in [0.2, 0.25) is 0 Å². The fourth-order valence-corrected chi connectivity index (χ4v) is 3.58. The van der Waals surface area contributed by atoms with E-state index in [2.05, 4.69) is 15.3 Å². The first-order valence-corrected chi connectivity index (χ1v) is 8.31. The van der Waals surface area contributed by atoms with Gasteiger partial charge in [-0.25, -0.2) is 4.98 Å². The summed E-state index contributed by atoms with van der Waals surface area (Å²) in [5.41, 5.74) is 2.08. The Balaban J connectivity index is 2.05. The van der Waals surface area contributed by atoms with E-state index in [0.717, 1.165) is 11.3 Å². The molecule has 5 nitrogen and oxygen atoms in total. The van der Waals surface area contributed by atoms with Crippen LogP contribution >= 0.6 is 22.9 Å². The Labute approximate surface area is 141 Å². The molecule has 0 saturated heterocycles. The zero-order valence-electron chi connectivity index (χ0n) is 12.6. The molecule has 0 aliphatic rings. The normalized spacial score (nSPS) is 10.9. The van der Waals surface area contributed by atoms with Crippen LogP contribution in [0.3, 0.4) is 0 Å². The molecule has 2 aromatic heterocycles. The molecule has 0 atom stereocenters. The fraction of sp³-hybridized carbons (Fsp3) is 0.188. The number of aromatic nitrogens is 2. The van der Waals surface area contributed by atoms with Gasteiger partial charge in [-0.15, -0.1) is 22.9 Å². The Morgan fingerprint density at radius 2 is 2.09 bits per heavy atom. The summed E-state index contributed by atoms with van der Waals surface area (Å²) in [5, 5.41) is 3.33. The van der Waals surface area contributed by atoms with Crippen molar-refractivity contribution < 1.29 is 4.79 Å². The average Bonchev–Trinajstić information content (AvgIpc) is 2.87. The number of amides is 1. The second-order valence-corrected chi connectivity index (χ2v) is 6.42. The molecule has 118 valence electrons. The first-order valence-electron chi connectivity index (χ1n) is 6.96. The van der Waals surface area contributed by atoms with Crippen LogP contribution < -0.4 is 10.9 Å². The lowest BCUT2D eigenvalue weighted by Gasteiger charge is -2.07. The Hall–Kier alpha value is -2.18. The number of halogens is 1. The highest BCUT2D eigenvalue weighted by molar-refractivity contribution is 7.20. The molecule has 0 unspecified atom stereocenters. The van der Waals surface area contributed by atoms with Gasteiger partial charge in [-0.1, -0.05) is 18.2 Å². The number of para-hydroxylation sites is 1. The topological polar surface area (TPSA) is 74.8 Å². The number of H-pyrrole nitrogens is 1. The molecule has 0 aliphatic carbocycles. The molecular weight excluding hydrogens is 334 g/mol. The van der Waals surface area contributed by atoms with Crippen molar-refractivity contribution in [3.63, 3.8) is 0 Å². The van der Waals surface area contributed by atoms with E-state index < -0.39 is 0 Å². The van der Waals surface area contributed by atoms with Gasteiger partial charge in [-0.3, -0.25) is 9.59 Å². The fourth-order valence-electron chi connectivity index (χ4n) is 2.36. The molecule has 7 heteroatoms. The van der Waals surface area contributed by atoms with E-state index in [1.54, 1.807) is 6.92 Å². The minimum absolute atomic E-state index is 0.118. The Morgan fingerprint density at radius 1 is 1.35 bits per heavy atom. The van der Waals surface area contributed by atoms with Crippen LogP contribution in [0.4, 0.5) is 5.69 Å². The van der Waals surface area contributed by atoms with Crippen LogP contribution in [0.2, 0.25) is 0 Å². The van der Waals surface area contributed by atoms with E-state index in [-0.39, 0.29) is 17.3 Å². The lowest BCUT2D eigenvalue weighted by atomic mass is 10.2. The summed E-state index contributed by atoms with van der Waals surface area (Å²) in [5.74, 6) is 0.273. The summed E-state index contributed by atoms with van der Waals surface area (Å²) in [6, 6.07) is 7.53. The zero-order valence-corrected chi connectivity index (χ0v) is 14.1. The third-order valence-corrected chi connectivity index (χ3v) is 5.01. The number of thiophene rings is 1. The van der Waals surface area contributed by atoms with Gasteiger partial charge < -0.3 is 10.3 Å². The summed E-state index contributed by atoms with van der Waals surface area (Å²) in [6.07, 6.45) is 0. The van der Waals surface area contributed by atoms with Crippen LogP contribution in [0.25, 0.3) is 10.2 Å². The molecule has 3 rings (SSSR count). The van der Waals surface area contributed by atoms with Gasteiger partial charge >= 0.3 is 0 Å². The molecule has 23 heavy (non-hydrogen) atoms. The minimum Gasteiger partial charge on any atom is -0.321 e. The number of hydrogen-bond acceptors (Lipinski definition) is 4. The molecular formula is C16H14ClN3O2S. The van der Waals surface area contributed by atoms with E-state index in [4.69, 9.17) is 11.6 Å². The van der Waals surface area contributed by atoms with Gasteiger partial charge in [0.05, 0.1) is 16.1 Å². The molecule has 0 spiro atoms. The second kappa shape index (κ2) is 6.14. The highest BCUT2D eigenvalue weighted by Gasteiger charge is 2.19. The number of aromatic amines is 1. The molecule has 3 aromatic rings. The lowest BCUT2D eigenvalue weighted by Crippen LogP contribution is -2.13. The van der Waals surface area contributed by atoms with Crippen LogP contribution in [0.1, 0.15) is 26.6 Å². The minimum atomic E-state index is -0.269. The first kappa shape index (κ1) is 15.7. The zero-order chi connectivity index (χ0) is 16.6. The largest absolute Gasteiger partial charge is 0.321 e. The summed E-state index contributed by atoms with van der Waals surface area (Å²) in [7, 11) is 0. The predicted octanol–water partition coefficient (Wildman–Crippen LogP) is 3.59. The summed E-state index contributed by atoms with van der Waals surface area (Å²) in [6.45, 7) is 3.68. The number of fused-ring (bicyclic) bond motifs is 1. The van der Waals surface area contributed by atoms with Crippen molar-refractivity contribution in [3.8, 4) is 0 Å². The lowest BCUT2D eigenvalue weighted by molar-refractivity contribution is 0.103. The quantitative estimate of drug-likeness (QED) is 0.711. The van der Waals surface area contributed by atoms with Crippen molar-refractivity contribution in [2.45, 2.75) is 19.7 Å². The number of hydrogen-bond donors (Lipinski definition) is 2. The number of nitrogens with one attached hydrogen (secondary N) is 2. The predicted molar refractivity (Wildman–Crippen MR) is 93.7 cm³/mol. The maximum absolute atomic E-state index is 12.6. The average molecular weight is 348 g/mol. The standard InChI is InChI=1S/C16H14ClN3O2S/c1-8-5-3-4-6-10(8)18-15(22)13-9(2)12-14(21)19-11(7-17)20-16(12)23-13/h3-6H,7H2,1-2H3,(H,18,22)(H,19,20,21). The molecule has 0 radical (unpaired) electrons. The molecule has 0 fully saturated rings. The number of aryl methyl sites for hydroxylation is 2. The van der Waals surface area contributed by atoms with Crippen molar-refractivity contribution in [3.05, 3.63) is 56.4 Å². The molecule has 0 saturated carbocycles. The van der Waals surface area contributed by atoms with Gasteiger partial charge in [-0.2, -0.15) is 0 Å². The van der Waals surface area contributed by atoms with Crippen LogP contribution in [-0.2, 0) is 5.88 Å². The van der Waals surface area contributed by atoms with E-state index in [1.807, 2.05) is 31.2 Å². The summed E-state index contributed by atoms with van der Waals surface area (Å²) in [4.78, 5) is 32.6. The molecule has 1 aromatic carbocycles. The van der Waals surface area contributed by atoms with E-state index in [9.17, 15) is 9.59 Å². The first-order chi connectivity index (χ1) is 11.0. The monoisotopic (exact) mass is 347 g/mol. The molecule has 0 aliphatic heterocycles. The maximum atomic E-state index is 12.6. The Kier molecular flexibility index (Phi) is 4.19. The van der Waals surface area contributed by atoms with Crippen molar-refractivity contribution in [2.75, 3.05) is 5.32 Å². The van der Waals surface area contributed by atoms with Gasteiger partial charge in [0.1, 0.15) is 10.7 Å². The smallest absolute Gasteiger partial charge is 0.266 e. The van der Waals surface area contributed by atoms with Crippen LogP contribution in [0.5, 0.6) is 0 Å².